The Hall–Kier alpha value is -0.0800. The van der Waals surface area contributed by atoms with Crippen molar-refractivity contribution in [3.8, 4) is 0 Å². The molecule has 1 fully saturated rings. The zero-order chi connectivity index (χ0) is 6.53. The molecule has 0 saturated carbocycles. The highest BCUT2D eigenvalue weighted by atomic mass is 16.3. The van der Waals surface area contributed by atoms with Crippen LogP contribution in [0.3, 0.4) is 0 Å². The zero-order valence-electron chi connectivity index (χ0n) is 5.77. The molecule has 1 atom stereocenters. The highest BCUT2D eigenvalue weighted by molar-refractivity contribution is 4.67. The molecule has 0 amide bonds. The Morgan fingerprint density at radius 1 is 1.56 bits per heavy atom. The second kappa shape index (κ2) is 3.85. The Morgan fingerprint density at radius 3 is 3.00 bits per heavy atom. The molecule has 1 aliphatic rings. The Morgan fingerprint density at radius 2 is 2.44 bits per heavy atom. The first-order valence-electron chi connectivity index (χ1n) is 3.75. The molecule has 0 aromatic carbocycles. The summed E-state index contributed by atoms with van der Waals surface area (Å²) in [5, 5.41) is 11.9. The fourth-order valence-electron chi connectivity index (χ4n) is 1.35. The average Bonchev–Trinajstić information content (AvgIpc) is 1.91. The van der Waals surface area contributed by atoms with E-state index in [1.54, 1.807) is 0 Å². The quantitative estimate of drug-likeness (QED) is 0.564. The third-order valence-electron chi connectivity index (χ3n) is 1.94. The van der Waals surface area contributed by atoms with E-state index in [0.29, 0.717) is 6.61 Å². The van der Waals surface area contributed by atoms with Crippen LogP contribution in [0, 0.1) is 5.92 Å². The summed E-state index contributed by atoms with van der Waals surface area (Å²) in [5.74, 6) is 0.740. The number of aliphatic hydroxyl groups is 1. The second-order valence-electron chi connectivity index (χ2n) is 2.72. The molecule has 0 spiro atoms. The Bertz CT molecular complexity index is 66.6. The predicted molar refractivity (Wildman–Crippen MR) is 37.3 cm³/mol. The fourth-order valence-corrected chi connectivity index (χ4v) is 1.35. The lowest BCUT2D eigenvalue weighted by molar-refractivity contribution is 0.237. The third kappa shape index (κ3) is 2.33. The van der Waals surface area contributed by atoms with E-state index in [1.807, 2.05) is 0 Å². The van der Waals surface area contributed by atoms with E-state index < -0.39 is 0 Å². The van der Waals surface area contributed by atoms with Gasteiger partial charge >= 0.3 is 0 Å². The van der Waals surface area contributed by atoms with Gasteiger partial charge in [-0.1, -0.05) is 0 Å². The maximum atomic E-state index is 8.59. The lowest BCUT2D eigenvalue weighted by Gasteiger charge is -2.21. The minimum absolute atomic E-state index is 0.354. The molecule has 0 radical (unpaired) electrons. The molecule has 54 valence electrons. The van der Waals surface area contributed by atoms with Gasteiger partial charge in [-0.2, -0.15) is 0 Å². The van der Waals surface area contributed by atoms with Crippen LogP contribution in [-0.2, 0) is 0 Å². The summed E-state index contributed by atoms with van der Waals surface area (Å²) in [7, 11) is 0. The van der Waals surface area contributed by atoms with Crippen LogP contribution in [0.1, 0.15) is 19.3 Å². The van der Waals surface area contributed by atoms with Gasteiger partial charge in [0, 0.05) is 6.61 Å². The lowest BCUT2D eigenvalue weighted by Crippen LogP contribution is -2.30. The van der Waals surface area contributed by atoms with Crippen molar-refractivity contribution in [3.05, 3.63) is 0 Å². The van der Waals surface area contributed by atoms with E-state index in [1.165, 1.54) is 19.4 Å². The lowest BCUT2D eigenvalue weighted by atomic mass is 9.97. The van der Waals surface area contributed by atoms with Gasteiger partial charge in [-0.3, -0.25) is 0 Å². The molecule has 0 aromatic heterocycles. The summed E-state index contributed by atoms with van der Waals surface area (Å²) >= 11 is 0. The van der Waals surface area contributed by atoms with Crippen molar-refractivity contribution in [1.29, 1.82) is 0 Å². The van der Waals surface area contributed by atoms with Gasteiger partial charge in [-0.15, -0.1) is 0 Å². The molecule has 1 saturated heterocycles. The van der Waals surface area contributed by atoms with E-state index in [2.05, 4.69) is 5.32 Å². The largest absolute Gasteiger partial charge is 0.396 e. The van der Waals surface area contributed by atoms with Gasteiger partial charge < -0.3 is 10.4 Å². The van der Waals surface area contributed by atoms with Gasteiger partial charge in [0.2, 0.25) is 0 Å². The summed E-state index contributed by atoms with van der Waals surface area (Å²) in [6.45, 7) is 2.63. The molecule has 1 aliphatic heterocycles. The van der Waals surface area contributed by atoms with Crippen LogP contribution >= 0.6 is 0 Å². The Kier molecular flexibility index (Phi) is 3.01. The molecule has 1 unspecified atom stereocenters. The van der Waals surface area contributed by atoms with Gasteiger partial charge in [0.05, 0.1) is 0 Å². The molecule has 0 aromatic rings. The maximum absolute atomic E-state index is 8.59. The monoisotopic (exact) mass is 129 g/mol. The van der Waals surface area contributed by atoms with E-state index in [-0.39, 0.29) is 0 Å². The van der Waals surface area contributed by atoms with Gasteiger partial charge in [-0.25, -0.2) is 0 Å². The number of piperidine rings is 1. The Balaban J connectivity index is 2.08. The van der Waals surface area contributed by atoms with Gasteiger partial charge in [0.1, 0.15) is 0 Å². The first-order chi connectivity index (χ1) is 4.43. The minimum Gasteiger partial charge on any atom is -0.396 e. The van der Waals surface area contributed by atoms with Crippen LogP contribution in [0.4, 0.5) is 0 Å². The molecular weight excluding hydrogens is 114 g/mol. The van der Waals surface area contributed by atoms with Gasteiger partial charge in [-0.05, 0) is 38.3 Å². The molecular formula is C7H15NO. The third-order valence-corrected chi connectivity index (χ3v) is 1.94. The zero-order valence-corrected chi connectivity index (χ0v) is 5.77. The van der Waals surface area contributed by atoms with Crippen molar-refractivity contribution in [1.82, 2.24) is 5.32 Å². The number of hydrogen-bond acceptors (Lipinski definition) is 2. The highest BCUT2D eigenvalue weighted by Gasteiger charge is 2.10. The van der Waals surface area contributed by atoms with Crippen molar-refractivity contribution >= 4 is 0 Å². The number of aliphatic hydroxyl groups excluding tert-OH is 1. The number of rotatable bonds is 2. The fraction of sp³-hybridized carbons (Fsp3) is 1.00. The summed E-state index contributed by atoms with van der Waals surface area (Å²) in [6.07, 6.45) is 3.56. The predicted octanol–water partition coefficient (Wildman–Crippen LogP) is 0.368. The molecule has 2 nitrogen and oxygen atoms in total. The van der Waals surface area contributed by atoms with Crippen LogP contribution in [0.2, 0.25) is 0 Å². The molecule has 1 heterocycles. The van der Waals surface area contributed by atoms with Crippen molar-refractivity contribution < 1.29 is 5.11 Å². The smallest absolute Gasteiger partial charge is 0.0434 e. The summed E-state index contributed by atoms with van der Waals surface area (Å²) in [4.78, 5) is 0. The first-order valence-corrected chi connectivity index (χ1v) is 3.75. The van der Waals surface area contributed by atoms with Crippen molar-refractivity contribution in [2.24, 2.45) is 5.92 Å². The average molecular weight is 129 g/mol. The van der Waals surface area contributed by atoms with Crippen LogP contribution in [-0.4, -0.2) is 24.8 Å². The summed E-state index contributed by atoms with van der Waals surface area (Å²) in [6, 6.07) is 0. The SMILES string of the molecule is OCCC1CCCNC1. The minimum atomic E-state index is 0.354. The number of nitrogens with one attached hydrogen (secondary N) is 1. The van der Waals surface area contributed by atoms with Crippen LogP contribution < -0.4 is 5.32 Å². The topological polar surface area (TPSA) is 32.3 Å². The van der Waals surface area contributed by atoms with Crippen molar-refractivity contribution in [2.75, 3.05) is 19.7 Å². The van der Waals surface area contributed by atoms with Crippen LogP contribution in [0.5, 0.6) is 0 Å². The van der Waals surface area contributed by atoms with E-state index >= 15 is 0 Å². The molecule has 1 rings (SSSR count). The molecule has 9 heavy (non-hydrogen) atoms. The number of hydrogen-bond donors (Lipinski definition) is 2. The normalized spacial score (nSPS) is 28.3. The van der Waals surface area contributed by atoms with E-state index in [4.69, 9.17) is 5.11 Å². The van der Waals surface area contributed by atoms with Crippen LogP contribution in [0.15, 0.2) is 0 Å². The first kappa shape index (κ1) is 7.03. The molecule has 0 bridgehead atoms. The standard InChI is InChI=1S/C7H15NO/c9-5-3-7-2-1-4-8-6-7/h7-9H,1-6H2. The van der Waals surface area contributed by atoms with E-state index in [0.717, 1.165) is 18.9 Å². The Labute approximate surface area is 56.3 Å². The maximum Gasteiger partial charge on any atom is 0.0434 e. The highest BCUT2D eigenvalue weighted by Crippen LogP contribution is 2.12. The van der Waals surface area contributed by atoms with E-state index in [9.17, 15) is 0 Å². The van der Waals surface area contributed by atoms with Crippen molar-refractivity contribution in [2.45, 2.75) is 19.3 Å². The second-order valence-corrected chi connectivity index (χ2v) is 2.72. The molecule has 2 heteroatoms. The summed E-state index contributed by atoms with van der Waals surface area (Å²) in [5.41, 5.74) is 0. The van der Waals surface area contributed by atoms with Gasteiger partial charge in [0.25, 0.3) is 0 Å². The molecule has 2 N–H and O–H groups in total. The summed E-state index contributed by atoms with van der Waals surface area (Å²) < 4.78 is 0. The van der Waals surface area contributed by atoms with Crippen LogP contribution in [0.25, 0.3) is 0 Å². The molecule has 0 aliphatic carbocycles. The van der Waals surface area contributed by atoms with Crippen molar-refractivity contribution in [3.63, 3.8) is 0 Å². The van der Waals surface area contributed by atoms with Gasteiger partial charge in [0.15, 0.2) is 0 Å².